The normalized spacial score (nSPS) is 14.5. The highest BCUT2D eigenvalue weighted by Gasteiger charge is 2.12. The van der Waals surface area contributed by atoms with Gasteiger partial charge >= 0.3 is 0 Å². The van der Waals surface area contributed by atoms with E-state index in [-0.39, 0.29) is 23.4 Å². The highest BCUT2D eigenvalue weighted by Crippen LogP contribution is 2.03. The van der Waals surface area contributed by atoms with Gasteiger partial charge in [-0.25, -0.2) is 0 Å². The fourth-order valence-electron chi connectivity index (χ4n) is 0.747. The van der Waals surface area contributed by atoms with Gasteiger partial charge in [0.2, 0.25) is 0 Å². The van der Waals surface area contributed by atoms with Gasteiger partial charge in [0.05, 0.1) is 12.6 Å². The summed E-state index contributed by atoms with van der Waals surface area (Å²) in [6.07, 6.45) is 0.803. The Hall–Kier alpha value is -0.240. The first-order valence-corrected chi connectivity index (χ1v) is 3.40. The molecule has 68 valence electrons. The number of rotatable bonds is 5. The SMILES string of the molecule is CCC(CCN(O)O)N(O)O. The summed E-state index contributed by atoms with van der Waals surface area (Å²) in [6, 6.07) is -0.461. The van der Waals surface area contributed by atoms with E-state index >= 15 is 0 Å². The Balaban J connectivity index is 3.52. The quantitative estimate of drug-likeness (QED) is 0.440. The van der Waals surface area contributed by atoms with Gasteiger partial charge in [-0.2, -0.15) is 0 Å². The van der Waals surface area contributed by atoms with E-state index in [1.54, 1.807) is 6.92 Å². The van der Waals surface area contributed by atoms with E-state index in [0.717, 1.165) is 0 Å². The van der Waals surface area contributed by atoms with Gasteiger partial charge in [0, 0.05) is 0 Å². The van der Waals surface area contributed by atoms with Crippen LogP contribution in [0.3, 0.4) is 0 Å². The van der Waals surface area contributed by atoms with E-state index in [2.05, 4.69) is 0 Å². The van der Waals surface area contributed by atoms with Gasteiger partial charge in [-0.3, -0.25) is 20.8 Å². The summed E-state index contributed by atoms with van der Waals surface area (Å²) in [6.45, 7) is 1.75. The van der Waals surface area contributed by atoms with Crippen LogP contribution in [0.5, 0.6) is 0 Å². The second-order valence-electron chi connectivity index (χ2n) is 2.27. The van der Waals surface area contributed by atoms with Crippen molar-refractivity contribution in [2.45, 2.75) is 25.8 Å². The third-order valence-corrected chi connectivity index (χ3v) is 1.46. The predicted octanol–water partition coefficient (Wildman–Crippen LogP) is 0.316. The van der Waals surface area contributed by atoms with Crippen LogP contribution in [0.15, 0.2) is 0 Å². The topological polar surface area (TPSA) is 87.4 Å². The second-order valence-corrected chi connectivity index (χ2v) is 2.27. The van der Waals surface area contributed by atoms with Crippen LogP contribution in [-0.4, -0.2) is 43.9 Å². The lowest BCUT2D eigenvalue weighted by atomic mass is 10.2. The lowest BCUT2D eigenvalue weighted by molar-refractivity contribution is -0.343. The predicted molar refractivity (Wildman–Crippen MR) is 34.4 cm³/mol. The van der Waals surface area contributed by atoms with Gasteiger partial charge in [-0.05, 0) is 12.8 Å². The number of hydroxylamine groups is 4. The van der Waals surface area contributed by atoms with Crippen LogP contribution in [0.25, 0.3) is 0 Å². The van der Waals surface area contributed by atoms with Crippen molar-refractivity contribution in [3.05, 3.63) is 0 Å². The van der Waals surface area contributed by atoms with Gasteiger partial charge in [-0.1, -0.05) is 17.4 Å². The molecule has 0 saturated heterocycles. The van der Waals surface area contributed by atoms with Crippen LogP contribution >= 0.6 is 0 Å². The van der Waals surface area contributed by atoms with Crippen LogP contribution < -0.4 is 0 Å². The van der Waals surface area contributed by atoms with E-state index in [1.165, 1.54) is 0 Å². The molecule has 1 atom stereocenters. The van der Waals surface area contributed by atoms with Gasteiger partial charge in [0.25, 0.3) is 0 Å². The molecular weight excluding hydrogens is 152 g/mol. The molecule has 0 fully saturated rings. The standard InChI is InChI=1S/C5H14N2O4/c1-2-5(7(10)11)3-4-6(8)9/h5,8-11H,2-4H2,1H3. The largest absolute Gasteiger partial charge is 0.290 e. The fraction of sp³-hybridized carbons (Fsp3) is 1.00. The van der Waals surface area contributed by atoms with E-state index in [0.29, 0.717) is 6.42 Å². The zero-order valence-electron chi connectivity index (χ0n) is 6.38. The molecule has 0 heterocycles. The van der Waals surface area contributed by atoms with Gasteiger partial charge in [0.15, 0.2) is 0 Å². The van der Waals surface area contributed by atoms with E-state index in [9.17, 15) is 0 Å². The lowest BCUT2D eigenvalue weighted by Gasteiger charge is -2.19. The highest BCUT2D eigenvalue weighted by atomic mass is 16.8. The van der Waals surface area contributed by atoms with Crippen LogP contribution in [0.1, 0.15) is 19.8 Å². The first kappa shape index (κ1) is 10.8. The third-order valence-electron chi connectivity index (χ3n) is 1.46. The van der Waals surface area contributed by atoms with Crippen molar-refractivity contribution in [3.63, 3.8) is 0 Å². The fourth-order valence-corrected chi connectivity index (χ4v) is 0.747. The van der Waals surface area contributed by atoms with Gasteiger partial charge in [0.1, 0.15) is 0 Å². The lowest BCUT2D eigenvalue weighted by Crippen LogP contribution is -2.32. The van der Waals surface area contributed by atoms with Crippen molar-refractivity contribution in [2.24, 2.45) is 0 Å². The Morgan fingerprint density at radius 2 is 1.73 bits per heavy atom. The first-order valence-electron chi connectivity index (χ1n) is 3.40. The van der Waals surface area contributed by atoms with Crippen LogP contribution in [-0.2, 0) is 0 Å². The zero-order valence-corrected chi connectivity index (χ0v) is 6.38. The Labute approximate surface area is 64.7 Å². The summed E-state index contributed by atoms with van der Waals surface area (Å²) < 4.78 is 0. The summed E-state index contributed by atoms with van der Waals surface area (Å²) in [4.78, 5) is 0. The molecule has 6 nitrogen and oxygen atoms in total. The number of hydrogen-bond donors (Lipinski definition) is 4. The molecule has 4 N–H and O–H groups in total. The molecule has 0 aliphatic heterocycles. The molecule has 0 aliphatic rings. The Bertz CT molecular complexity index is 98.5. The summed E-state index contributed by atoms with van der Waals surface area (Å²) in [7, 11) is 0. The highest BCUT2D eigenvalue weighted by molar-refractivity contribution is 4.57. The smallest absolute Gasteiger partial charge is 0.0635 e. The maximum absolute atomic E-state index is 8.53. The maximum Gasteiger partial charge on any atom is 0.0635 e. The molecule has 0 bridgehead atoms. The zero-order chi connectivity index (χ0) is 8.85. The second kappa shape index (κ2) is 5.42. The number of nitrogens with zero attached hydrogens (tertiary/aromatic N) is 2. The van der Waals surface area contributed by atoms with Crippen molar-refractivity contribution in [3.8, 4) is 0 Å². The summed E-state index contributed by atoms with van der Waals surface area (Å²) >= 11 is 0. The van der Waals surface area contributed by atoms with Crippen LogP contribution in [0, 0.1) is 0 Å². The minimum atomic E-state index is -0.461. The molecule has 0 aromatic rings. The molecule has 0 radical (unpaired) electrons. The average Bonchev–Trinajstić information content (AvgIpc) is 1.87. The van der Waals surface area contributed by atoms with Crippen molar-refractivity contribution in [2.75, 3.05) is 6.54 Å². The van der Waals surface area contributed by atoms with Crippen LogP contribution in [0.2, 0.25) is 0 Å². The van der Waals surface area contributed by atoms with Gasteiger partial charge < -0.3 is 0 Å². The van der Waals surface area contributed by atoms with Crippen molar-refractivity contribution in [1.29, 1.82) is 0 Å². The molecule has 6 heteroatoms. The van der Waals surface area contributed by atoms with E-state index in [4.69, 9.17) is 20.8 Å². The Morgan fingerprint density at radius 1 is 1.18 bits per heavy atom. The minimum absolute atomic E-state index is 0.0177. The molecule has 0 aromatic carbocycles. The summed E-state index contributed by atoms with van der Waals surface area (Å²) in [5.41, 5.74) is 0. The molecule has 0 saturated carbocycles. The molecule has 0 rings (SSSR count). The van der Waals surface area contributed by atoms with Crippen molar-refractivity contribution < 1.29 is 20.8 Å². The molecular formula is C5H14N2O4. The van der Waals surface area contributed by atoms with Crippen molar-refractivity contribution in [1.82, 2.24) is 10.5 Å². The first-order chi connectivity index (χ1) is 5.07. The molecule has 0 spiro atoms. The van der Waals surface area contributed by atoms with E-state index < -0.39 is 6.04 Å². The molecule has 1 unspecified atom stereocenters. The molecule has 11 heavy (non-hydrogen) atoms. The molecule has 0 aromatic heterocycles. The summed E-state index contributed by atoms with van der Waals surface area (Å²) in [5.74, 6) is 0. The Kier molecular flexibility index (Phi) is 5.30. The monoisotopic (exact) mass is 166 g/mol. The van der Waals surface area contributed by atoms with E-state index in [1.807, 2.05) is 0 Å². The number of hydrogen-bond acceptors (Lipinski definition) is 6. The molecule has 0 aliphatic carbocycles. The Morgan fingerprint density at radius 3 is 2.00 bits per heavy atom. The molecule has 0 amide bonds. The average molecular weight is 166 g/mol. The van der Waals surface area contributed by atoms with Crippen molar-refractivity contribution >= 4 is 0 Å². The van der Waals surface area contributed by atoms with Gasteiger partial charge in [-0.15, -0.1) is 0 Å². The third kappa shape index (κ3) is 5.08. The maximum atomic E-state index is 8.53. The van der Waals surface area contributed by atoms with Crippen LogP contribution in [0.4, 0.5) is 0 Å². The minimum Gasteiger partial charge on any atom is -0.290 e. The summed E-state index contributed by atoms with van der Waals surface area (Å²) in [5, 5.41) is 33.7.